The molecule has 6 nitrogen and oxygen atoms in total. The molecule has 0 aliphatic rings. The molecule has 1 atom stereocenters. The van der Waals surface area contributed by atoms with E-state index in [2.05, 4.69) is 10.6 Å². The Hall–Kier alpha value is -2.08. The van der Waals surface area contributed by atoms with Crippen molar-refractivity contribution in [2.45, 2.75) is 52.7 Å². The summed E-state index contributed by atoms with van der Waals surface area (Å²) < 4.78 is 5.22. The van der Waals surface area contributed by atoms with E-state index in [1.807, 2.05) is 52.8 Å². The van der Waals surface area contributed by atoms with Gasteiger partial charge in [0.15, 0.2) is 0 Å². The van der Waals surface area contributed by atoms with Gasteiger partial charge in [0.2, 0.25) is 0 Å². The number of hydrogen-bond acceptors (Lipinski definition) is 4. The minimum atomic E-state index is -0.842. The van der Waals surface area contributed by atoms with Gasteiger partial charge in [-0.2, -0.15) is 0 Å². The first-order valence-corrected chi connectivity index (χ1v) is 8.13. The Morgan fingerprint density at radius 1 is 1.25 bits per heavy atom. The first kappa shape index (κ1) is 20.0. The van der Waals surface area contributed by atoms with Crippen molar-refractivity contribution in [2.75, 3.05) is 11.9 Å². The van der Waals surface area contributed by atoms with Crippen molar-refractivity contribution in [3.63, 3.8) is 0 Å². The molecule has 0 saturated heterocycles. The molecule has 0 aliphatic heterocycles. The molecule has 1 aromatic carbocycles. The van der Waals surface area contributed by atoms with E-state index in [1.54, 1.807) is 6.07 Å². The fourth-order valence-electron chi connectivity index (χ4n) is 2.21. The molecular weight excluding hydrogens is 308 g/mol. The third-order valence-electron chi connectivity index (χ3n) is 3.28. The Kier molecular flexibility index (Phi) is 7.22. The second kappa shape index (κ2) is 8.68. The van der Waals surface area contributed by atoms with E-state index < -0.39 is 23.7 Å². The van der Waals surface area contributed by atoms with Crippen LogP contribution in [0.5, 0.6) is 0 Å². The van der Waals surface area contributed by atoms with Crippen LogP contribution in [0.2, 0.25) is 0 Å². The van der Waals surface area contributed by atoms with Gasteiger partial charge in [-0.05, 0) is 57.4 Å². The lowest BCUT2D eigenvalue weighted by Gasteiger charge is -2.20. The van der Waals surface area contributed by atoms with Crippen LogP contribution in [0.3, 0.4) is 0 Å². The van der Waals surface area contributed by atoms with Crippen molar-refractivity contribution in [2.24, 2.45) is 5.92 Å². The summed E-state index contributed by atoms with van der Waals surface area (Å²) in [6.07, 6.45) is 0.170. The second-order valence-electron chi connectivity index (χ2n) is 7.09. The highest BCUT2D eigenvalue weighted by Gasteiger charge is 2.20. The molecule has 24 heavy (non-hydrogen) atoms. The molecule has 1 amide bonds. The maximum Gasteiger partial charge on any atom is 0.412 e. The van der Waals surface area contributed by atoms with Crippen LogP contribution in [0, 0.1) is 5.92 Å². The van der Waals surface area contributed by atoms with Crippen LogP contribution in [0.4, 0.5) is 10.5 Å². The second-order valence-corrected chi connectivity index (χ2v) is 7.09. The SMILES string of the molecule is CC(C)[C@H](NCCc1cccc(NC(=O)OC(C)(C)C)c1)C(=O)O. The number of amides is 1. The van der Waals surface area contributed by atoms with Crippen molar-refractivity contribution >= 4 is 17.7 Å². The summed E-state index contributed by atoms with van der Waals surface area (Å²) >= 11 is 0. The lowest BCUT2D eigenvalue weighted by molar-refractivity contribution is -0.140. The Morgan fingerprint density at radius 2 is 1.92 bits per heavy atom. The van der Waals surface area contributed by atoms with E-state index in [-0.39, 0.29) is 5.92 Å². The van der Waals surface area contributed by atoms with Gasteiger partial charge in [0.05, 0.1) is 0 Å². The largest absolute Gasteiger partial charge is 0.480 e. The molecule has 0 saturated carbocycles. The fraction of sp³-hybridized carbons (Fsp3) is 0.556. The number of carboxylic acids is 1. The van der Waals surface area contributed by atoms with Crippen molar-refractivity contribution in [3.05, 3.63) is 29.8 Å². The number of nitrogens with one attached hydrogen (secondary N) is 2. The number of ether oxygens (including phenoxy) is 1. The molecule has 0 bridgehead atoms. The summed E-state index contributed by atoms with van der Waals surface area (Å²) in [5.74, 6) is -0.826. The molecule has 0 fully saturated rings. The Balaban J connectivity index is 2.56. The number of aliphatic carboxylic acids is 1. The predicted molar refractivity (Wildman–Crippen MR) is 94.3 cm³/mol. The van der Waals surface area contributed by atoms with E-state index >= 15 is 0 Å². The summed E-state index contributed by atoms with van der Waals surface area (Å²) in [5.41, 5.74) is 1.11. The Labute approximate surface area is 143 Å². The lowest BCUT2D eigenvalue weighted by atomic mass is 10.0. The van der Waals surface area contributed by atoms with Gasteiger partial charge in [0, 0.05) is 5.69 Å². The van der Waals surface area contributed by atoms with E-state index in [0.717, 1.165) is 5.56 Å². The van der Waals surface area contributed by atoms with Gasteiger partial charge in [-0.3, -0.25) is 10.1 Å². The highest BCUT2D eigenvalue weighted by Crippen LogP contribution is 2.14. The zero-order valence-corrected chi connectivity index (χ0v) is 15.1. The molecule has 0 spiro atoms. The summed E-state index contributed by atoms with van der Waals surface area (Å²) in [6.45, 7) is 9.71. The van der Waals surface area contributed by atoms with Gasteiger partial charge < -0.3 is 15.2 Å². The summed E-state index contributed by atoms with van der Waals surface area (Å²) in [7, 11) is 0. The first-order chi connectivity index (χ1) is 11.1. The molecule has 3 N–H and O–H groups in total. The van der Waals surface area contributed by atoms with E-state index in [4.69, 9.17) is 9.84 Å². The van der Waals surface area contributed by atoms with E-state index in [9.17, 15) is 9.59 Å². The highest BCUT2D eigenvalue weighted by molar-refractivity contribution is 5.84. The molecule has 0 heterocycles. The van der Waals surface area contributed by atoms with Gasteiger partial charge in [-0.1, -0.05) is 26.0 Å². The van der Waals surface area contributed by atoms with Crippen molar-refractivity contribution in [1.82, 2.24) is 5.32 Å². The zero-order valence-electron chi connectivity index (χ0n) is 15.1. The van der Waals surface area contributed by atoms with Gasteiger partial charge >= 0.3 is 12.1 Å². The topological polar surface area (TPSA) is 87.7 Å². The molecule has 134 valence electrons. The van der Waals surface area contributed by atoms with Crippen molar-refractivity contribution in [3.8, 4) is 0 Å². The van der Waals surface area contributed by atoms with Gasteiger partial charge in [-0.25, -0.2) is 4.79 Å². The van der Waals surface area contributed by atoms with Crippen LogP contribution in [0.1, 0.15) is 40.2 Å². The van der Waals surface area contributed by atoms with E-state index in [0.29, 0.717) is 18.7 Å². The van der Waals surface area contributed by atoms with Gasteiger partial charge in [0.1, 0.15) is 11.6 Å². The van der Waals surface area contributed by atoms with Crippen LogP contribution in [-0.4, -0.2) is 35.4 Å². The number of anilines is 1. The van der Waals surface area contributed by atoms with Gasteiger partial charge in [-0.15, -0.1) is 0 Å². The minimum absolute atomic E-state index is 0.0164. The van der Waals surface area contributed by atoms with Crippen LogP contribution >= 0.6 is 0 Å². The molecule has 6 heteroatoms. The normalized spacial score (nSPS) is 12.8. The minimum Gasteiger partial charge on any atom is -0.480 e. The standard InChI is InChI=1S/C18H28N2O4/c1-12(2)15(16(21)22)19-10-9-13-7-6-8-14(11-13)20-17(23)24-18(3,4)5/h6-8,11-12,15,19H,9-10H2,1-5H3,(H,20,23)(H,21,22)/t15-/m0/s1. The Morgan fingerprint density at radius 3 is 2.46 bits per heavy atom. The maximum atomic E-state index is 11.8. The quantitative estimate of drug-likeness (QED) is 0.711. The predicted octanol–water partition coefficient (Wildman–Crippen LogP) is 3.27. The highest BCUT2D eigenvalue weighted by atomic mass is 16.6. The van der Waals surface area contributed by atoms with E-state index in [1.165, 1.54) is 0 Å². The molecule has 1 rings (SSSR count). The number of hydrogen-bond donors (Lipinski definition) is 3. The van der Waals surface area contributed by atoms with Crippen LogP contribution < -0.4 is 10.6 Å². The third-order valence-corrected chi connectivity index (χ3v) is 3.28. The number of rotatable bonds is 7. The maximum absolute atomic E-state index is 11.8. The monoisotopic (exact) mass is 336 g/mol. The summed E-state index contributed by atoms with van der Waals surface area (Å²) in [6, 6.07) is 6.87. The number of benzene rings is 1. The molecule has 1 aromatic rings. The molecular formula is C18H28N2O4. The number of carbonyl (C=O) groups excluding carboxylic acids is 1. The third kappa shape index (κ3) is 7.46. The lowest BCUT2D eigenvalue weighted by Crippen LogP contribution is -2.41. The molecule has 0 radical (unpaired) electrons. The zero-order chi connectivity index (χ0) is 18.3. The summed E-state index contributed by atoms with van der Waals surface area (Å²) in [5, 5.41) is 14.9. The van der Waals surface area contributed by atoms with Crippen LogP contribution in [0.15, 0.2) is 24.3 Å². The molecule has 0 unspecified atom stereocenters. The first-order valence-electron chi connectivity index (χ1n) is 8.13. The van der Waals surface area contributed by atoms with Crippen molar-refractivity contribution in [1.29, 1.82) is 0 Å². The average Bonchev–Trinajstić information content (AvgIpc) is 2.40. The summed E-state index contributed by atoms with van der Waals surface area (Å²) in [4.78, 5) is 22.9. The average molecular weight is 336 g/mol. The van der Waals surface area contributed by atoms with Crippen LogP contribution in [-0.2, 0) is 16.0 Å². The van der Waals surface area contributed by atoms with Gasteiger partial charge in [0.25, 0.3) is 0 Å². The fourth-order valence-corrected chi connectivity index (χ4v) is 2.21. The Bertz CT molecular complexity index is 564. The molecule has 0 aliphatic carbocycles. The molecule has 0 aromatic heterocycles. The number of carbonyl (C=O) groups is 2. The smallest absolute Gasteiger partial charge is 0.412 e. The van der Waals surface area contributed by atoms with Crippen molar-refractivity contribution < 1.29 is 19.4 Å². The number of carboxylic acid groups (broad SMARTS) is 1. The van der Waals surface area contributed by atoms with Crippen LogP contribution in [0.25, 0.3) is 0 Å².